The highest BCUT2D eigenvalue weighted by Crippen LogP contribution is 2.22. The third kappa shape index (κ3) is 4.33. The molecule has 0 spiro atoms. The normalized spacial score (nSPS) is 10.6. The predicted molar refractivity (Wildman–Crippen MR) is 78.3 cm³/mol. The molecule has 0 aromatic carbocycles. The average Bonchev–Trinajstić information content (AvgIpc) is 2.41. The van der Waals surface area contributed by atoms with Gasteiger partial charge >= 0.3 is 0 Å². The van der Waals surface area contributed by atoms with Crippen molar-refractivity contribution in [2.45, 2.75) is 33.1 Å². The van der Waals surface area contributed by atoms with Gasteiger partial charge in [-0.05, 0) is 19.8 Å². The molecule has 6 heteroatoms. The van der Waals surface area contributed by atoms with E-state index in [0.29, 0.717) is 5.82 Å². The Morgan fingerprint density at radius 3 is 2.68 bits per heavy atom. The number of nitrogens with two attached hydrogens (primary N) is 1. The van der Waals surface area contributed by atoms with Crippen molar-refractivity contribution in [3.05, 3.63) is 11.4 Å². The number of anilines is 2. The molecule has 6 nitrogen and oxygen atoms in total. The first-order valence-corrected chi connectivity index (χ1v) is 6.68. The van der Waals surface area contributed by atoms with Gasteiger partial charge in [-0.25, -0.2) is 15.8 Å². The number of nitrogens with zero attached hydrogens (tertiary/aromatic N) is 3. The molecule has 1 heterocycles. The highest BCUT2D eigenvalue weighted by atomic mass is 16.5. The van der Waals surface area contributed by atoms with Crippen LogP contribution in [0.15, 0.2) is 0 Å². The van der Waals surface area contributed by atoms with Crippen LogP contribution in [0.5, 0.6) is 0 Å². The number of aromatic nitrogens is 2. The Morgan fingerprint density at radius 1 is 1.37 bits per heavy atom. The van der Waals surface area contributed by atoms with E-state index in [0.717, 1.165) is 49.6 Å². The summed E-state index contributed by atoms with van der Waals surface area (Å²) in [6.45, 7) is 5.73. The number of rotatable bonds is 8. The number of aryl methyl sites for hydroxylation is 1. The van der Waals surface area contributed by atoms with Crippen LogP contribution in [-0.4, -0.2) is 37.3 Å². The quantitative estimate of drug-likeness (QED) is 0.422. The second-order valence-electron chi connectivity index (χ2n) is 4.60. The largest absolute Gasteiger partial charge is 0.385 e. The van der Waals surface area contributed by atoms with Gasteiger partial charge in [0.25, 0.3) is 0 Å². The molecule has 0 amide bonds. The minimum absolute atomic E-state index is 0.701. The van der Waals surface area contributed by atoms with Gasteiger partial charge in [0.05, 0.1) is 0 Å². The van der Waals surface area contributed by atoms with E-state index in [-0.39, 0.29) is 0 Å². The van der Waals surface area contributed by atoms with Crippen LogP contribution < -0.4 is 16.2 Å². The first-order valence-electron chi connectivity index (χ1n) is 6.68. The predicted octanol–water partition coefficient (Wildman–Crippen LogP) is 1.50. The lowest BCUT2D eigenvalue weighted by Gasteiger charge is -2.22. The molecule has 108 valence electrons. The van der Waals surface area contributed by atoms with Gasteiger partial charge in [-0.3, -0.25) is 0 Å². The molecule has 1 rings (SSSR count). The zero-order valence-corrected chi connectivity index (χ0v) is 12.4. The Hall–Kier alpha value is -1.40. The number of nitrogens with one attached hydrogen (secondary N) is 1. The summed E-state index contributed by atoms with van der Waals surface area (Å²) in [6.07, 6.45) is 2.83. The van der Waals surface area contributed by atoms with E-state index < -0.39 is 0 Å². The molecular formula is C13H25N5O. The fourth-order valence-corrected chi connectivity index (χ4v) is 1.95. The maximum Gasteiger partial charge on any atom is 0.148 e. The van der Waals surface area contributed by atoms with Crippen LogP contribution in [0, 0.1) is 6.92 Å². The van der Waals surface area contributed by atoms with Crippen molar-refractivity contribution in [1.29, 1.82) is 0 Å². The SMILES string of the molecule is CCCc1nc(NN)c(C)c(N(C)CCCOC)n1. The van der Waals surface area contributed by atoms with E-state index in [1.54, 1.807) is 7.11 Å². The van der Waals surface area contributed by atoms with E-state index >= 15 is 0 Å². The second kappa shape index (κ2) is 7.91. The summed E-state index contributed by atoms with van der Waals surface area (Å²) < 4.78 is 5.07. The summed E-state index contributed by atoms with van der Waals surface area (Å²) in [5, 5.41) is 0. The topological polar surface area (TPSA) is 76.3 Å². The number of hydrazine groups is 1. The molecular weight excluding hydrogens is 242 g/mol. The third-order valence-corrected chi connectivity index (χ3v) is 2.98. The standard InChI is InChI=1S/C13H25N5O/c1-5-7-11-15-12(17-14)10(2)13(16-11)18(3)8-6-9-19-4/h5-9,14H2,1-4H3,(H,15,16,17). The minimum Gasteiger partial charge on any atom is -0.385 e. The van der Waals surface area contributed by atoms with Gasteiger partial charge < -0.3 is 15.1 Å². The molecule has 1 aromatic heterocycles. The first-order chi connectivity index (χ1) is 9.13. The molecule has 0 saturated heterocycles. The Balaban J connectivity index is 2.93. The van der Waals surface area contributed by atoms with Crippen LogP contribution in [0.1, 0.15) is 31.2 Å². The smallest absolute Gasteiger partial charge is 0.148 e. The van der Waals surface area contributed by atoms with E-state index in [4.69, 9.17) is 10.6 Å². The average molecular weight is 267 g/mol. The number of methoxy groups -OCH3 is 1. The maximum atomic E-state index is 5.53. The third-order valence-electron chi connectivity index (χ3n) is 2.98. The maximum absolute atomic E-state index is 5.53. The van der Waals surface area contributed by atoms with Crippen molar-refractivity contribution in [1.82, 2.24) is 9.97 Å². The van der Waals surface area contributed by atoms with Crippen LogP contribution in [0.4, 0.5) is 11.6 Å². The monoisotopic (exact) mass is 267 g/mol. The van der Waals surface area contributed by atoms with Crippen LogP contribution in [0.3, 0.4) is 0 Å². The lowest BCUT2D eigenvalue weighted by Crippen LogP contribution is -2.24. The van der Waals surface area contributed by atoms with Gasteiger partial charge in [-0.2, -0.15) is 0 Å². The molecule has 0 atom stereocenters. The number of nitrogen functional groups attached to an aromatic ring is 1. The molecule has 0 bridgehead atoms. The van der Waals surface area contributed by atoms with Crippen molar-refractivity contribution < 1.29 is 4.74 Å². The highest BCUT2D eigenvalue weighted by Gasteiger charge is 2.13. The Morgan fingerprint density at radius 2 is 2.11 bits per heavy atom. The minimum atomic E-state index is 0.701. The summed E-state index contributed by atoms with van der Waals surface area (Å²) in [7, 11) is 3.74. The van der Waals surface area contributed by atoms with Gasteiger partial charge in [-0.1, -0.05) is 6.92 Å². The van der Waals surface area contributed by atoms with Gasteiger partial charge in [0.15, 0.2) is 0 Å². The fourth-order valence-electron chi connectivity index (χ4n) is 1.95. The van der Waals surface area contributed by atoms with Crippen molar-refractivity contribution in [2.75, 3.05) is 37.6 Å². The summed E-state index contributed by atoms with van der Waals surface area (Å²) in [4.78, 5) is 11.2. The summed E-state index contributed by atoms with van der Waals surface area (Å²) >= 11 is 0. The molecule has 0 saturated carbocycles. The van der Waals surface area contributed by atoms with Gasteiger partial charge in [0.2, 0.25) is 0 Å². The molecule has 0 fully saturated rings. The lowest BCUT2D eigenvalue weighted by molar-refractivity contribution is 0.196. The second-order valence-corrected chi connectivity index (χ2v) is 4.60. The summed E-state index contributed by atoms with van der Waals surface area (Å²) in [5.74, 6) is 7.99. The first kappa shape index (κ1) is 15.7. The van der Waals surface area contributed by atoms with Gasteiger partial charge in [0.1, 0.15) is 17.5 Å². The van der Waals surface area contributed by atoms with Crippen LogP contribution in [-0.2, 0) is 11.2 Å². The van der Waals surface area contributed by atoms with Gasteiger partial charge in [-0.15, -0.1) is 0 Å². The summed E-state index contributed by atoms with van der Waals surface area (Å²) in [6, 6.07) is 0. The zero-order valence-electron chi connectivity index (χ0n) is 12.4. The van der Waals surface area contributed by atoms with Crippen LogP contribution in [0.2, 0.25) is 0 Å². The molecule has 3 N–H and O–H groups in total. The zero-order chi connectivity index (χ0) is 14.3. The molecule has 1 aromatic rings. The molecule has 0 aliphatic heterocycles. The lowest BCUT2D eigenvalue weighted by atomic mass is 10.2. The van der Waals surface area contributed by atoms with Crippen molar-refractivity contribution in [3.63, 3.8) is 0 Å². The van der Waals surface area contributed by atoms with Crippen LogP contribution in [0.25, 0.3) is 0 Å². The molecule has 0 radical (unpaired) electrons. The van der Waals surface area contributed by atoms with Crippen molar-refractivity contribution >= 4 is 11.6 Å². The molecule has 0 unspecified atom stereocenters. The highest BCUT2D eigenvalue weighted by molar-refractivity contribution is 5.57. The Bertz CT molecular complexity index is 397. The van der Waals surface area contributed by atoms with Crippen molar-refractivity contribution in [2.24, 2.45) is 5.84 Å². The van der Waals surface area contributed by atoms with Crippen molar-refractivity contribution in [3.8, 4) is 0 Å². The Kier molecular flexibility index (Phi) is 6.52. The summed E-state index contributed by atoms with van der Waals surface area (Å²) in [5.41, 5.74) is 3.63. The van der Waals surface area contributed by atoms with Gasteiger partial charge in [0, 0.05) is 39.3 Å². The van der Waals surface area contributed by atoms with E-state index in [9.17, 15) is 0 Å². The van der Waals surface area contributed by atoms with E-state index in [1.807, 2.05) is 14.0 Å². The number of hydrogen-bond acceptors (Lipinski definition) is 6. The van der Waals surface area contributed by atoms with E-state index in [1.165, 1.54) is 0 Å². The van der Waals surface area contributed by atoms with Crippen LogP contribution >= 0.6 is 0 Å². The number of hydrogen-bond donors (Lipinski definition) is 2. The molecule has 0 aliphatic carbocycles. The number of ether oxygens (including phenoxy) is 1. The molecule has 0 aliphatic rings. The van der Waals surface area contributed by atoms with E-state index in [2.05, 4.69) is 27.2 Å². The molecule has 19 heavy (non-hydrogen) atoms. The Labute approximate surface area is 115 Å². The fraction of sp³-hybridized carbons (Fsp3) is 0.692.